The van der Waals surface area contributed by atoms with Crippen LogP contribution in [0.1, 0.15) is 5.69 Å². The minimum absolute atomic E-state index is 0.266. The fourth-order valence-electron chi connectivity index (χ4n) is 3.84. The molecular weight excluding hydrogens is 475 g/mol. The molecule has 0 aliphatic carbocycles. The summed E-state index contributed by atoms with van der Waals surface area (Å²) in [6.45, 7) is 0.266. The number of nitrogens with zero attached hydrogens (tertiary/aromatic N) is 3. The zero-order valence-electron chi connectivity index (χ0n) is 20.6. The third kappa shape index (κ3) is 5.40. The molecule has 0 fully saturated rings. The van der Waals surface area contributed by atoms with Crippen LogP contribution in [0.5, 0.6) is 28.7 Å². The number of hydrogen-bond donors (Lipinski definition) is 1. The Labute approximate surface area is 213 Å². The van der Waals surface area contributed by atoms with Crippen LogP contribution < -0.4 is 24.3 Å². The highest BCUT2D eigenvalue weighted by Gasteiger charge is 2.11. The Hall–Kier alpha value is -4.79. The second-order valence-corrected chi connectivity index (χ2v) is 8.24. The van der Waals surface area contributed by atoms with E-state index in [4.69, 9.17) is 18.9 Å². The van der Waals surface area contributed by atoms with E-state index < -0.39 is 5.82 Å². The SMILES string of the molecule is COc1cc2nccc(Nc3ccc(Oc4cc(F)cc(OCc5cncn5C)c4)cc3)c2cc1OC. The highest BCUT2D eigenvalue weighted by atomic mass is 19.1. The molecule has 0 saturated heterocycles. The normalized spacial score (nSPS) is 10.8. The minimum atomic E-state index is -0.451. The van der Waals surface area contributed by atoms with Gasteiger partial charge in [0.05, 0.1) is 38.0 Å². The molecule has 0 saturated carbocycles. The predicted octanol–water partition coefficient (Wildman–Crippen LogP) is 6.24. The van der Waals surface area contributed by atoms with Crippen molar-refractivity contribution in [2.24, 2.45) is 7.05 Å². The Kier molecular flexibility index (Phi) is 6.76. The van der Waals surface area contributed by atoms with E-state index in [-0.39, 0.29) is 6.61 Å². The third-order valence-corrected chi connectivity index (χ3v) is 5.76. The number of nitrogens with one attached hydrogen (secondary N) is 1. The average Bonchev–Trinajstić information content (AvgIpc) is 3.32. The summed E-state index contributed by atoms with van der Waals surface area (Å²) in [7, 11) is 5.06. The number of aryl methyl sites for hydroxylation is 1. The molecule has 5 aromatic rings. The molecule has 8 nitrogen and oxygen atoms in total. The number of aromatic nitrogens is 3. The molecule has 2 aromatic heterocycles. The lowest BCUT2D eigenvalue weighted by molar-refractivity contribution is 0.294. The number of pyridine rings is 1. The van der Waals surface area contributed by atoms with Gasteiger partial charge in [-0.15, -0.1) is 0 Å². The van der Waals surface area contributed by atoms with Gasteiger partial charge < -0.3 is 28.8 Å². The van der Waals surface area contributed by atoms with E-state index in [0.29, 0.717) is 28.7 Å². The molecular formula is C28H25FN4O4. The van der Waals surface area contributed by atoms with Crippen LogP contribution in [0.4, 0.5) is 15.8 Å². The maximum atomic E-state index is 14.2. The fourth-order valence-corrected chi connectivity index (χ4v) is 3.84. The lowest BCUT2D eigenvalue weighted by atomic mass is 10.1. The van der Waals surface area contributed by atoms with Crippen molar-refractivity contribution in [3.8, 4) is 28.7 Å². The summed E-state index contributed by atoms with van der Waals surface area (Å²) in [4.78, 5) is 8.49. The van der Waals surface area contributed by atoms with Crippen LogP contribution in [0.3, 0.4) is 0 Å². The van der Waals surface area contributed by atoms with Crippen molar-refractivity contribution in [2.75, 3.05) is 19.5 Å². The molecule has 9 heteroatoms. The van der Waals surface area contributed by atoms with Gasteiger partial charge in [-0.25, -0.2) is 9.37 Å². The van der Waals surface area contributed by atoms with Crippen molar-refractivity contribution in [3.05, 3.63) is 90.9 Å². The van der Waals surface area contributed by atoms with Crippen molar-refractivity contribution < 1.29 is 23.3 Å². The summed E-state index contributed by atoms with van der Waals surface area (Å²) < 4.78 is 38.5. The number of benzene rings is 3. The summed E-state index contributed by atoms with van der Waals surface area (Å²) in [5, 5.41) is 4.29. The number of methoxy groups -OCH3 is 2. The van der Waals surface area contributed by atoms with Gasteiger partial charge in [0.2, 0.25) is 0 Å². The lowest BCUT2D eigenvalue weighted by Gasteiger charge is -2.13. The molecule has 0 aliphatic heterocycles. The molecule has 3 aromatic carbocycles. The van der Waals surface area contributed by atoms with Crippen molar-refractivity contribution in [1.29, 1.82) is 0 Å². The van der Waals surface area contributed by atoms with Crippen LogP contribution in [-0.4, -0.2) is 28.8 Å². The van der Waals surface area contributed by atoms with E-state index in [1.165, 1.54) is 12.1 Å². The maximum Gasteiger partial charge on any atom is 0.162 e. The number of ether oxygens (including phenoxy) is 4. The largest absolute Gasteiger partial charge is 0.493 e. The van der Waals surface area contributed by atoms with Crippen molar-refractivity contribution in [3.63, 3.8) is 0 Å². The van der Waals surface area contributed by atoms with E-state index >= 15 is 0 Å². The van der Waals surface area contributed by atoms with Crippen LogP contribution in [0.15, 0.2) is 79.4 Å². The first kappa shape index (κ1) is 23.9. The Morgan fingerprint density at radius 2 is 1.65 bits per heavy atom. The third-order valence-electron chi connectivity index (χ3n) is 5.76. The van der Waals surface area contributed by atoms with Crippen LogP contribution in [-0.2, 0) is 13.7 Å². The highest BCUT2D eigenvalue weighted by Crippen LogP contribution is 2.36. The summed E-state index contributed by atoms with van der Waals surface area (Å²) >= 11 is 0. The molecule has 0 unspecified atom stereocenters. The minimum Gasteiger partial charge on any atom is -0.493 e. The molecule has 0 radical (unpaired) electrons. The van der Waals surface area contributed by atoms with E-state index in [1.807, 2.05) is 41.9 Å². The summed E-state index contributed by atoms with van der Waals surface area (Å²) in [6.07, 6.45) is 5.11. The molecule has 0 bridgehead atoms. The Morgan fingerprint density at radius 1 is 0.892 bits per heavy atom. The molecule has 5 rings (SSSR count). The average molecular weight is 501 g/mol. The standard InChI is InChI=1S/C28H25FN4O4/c1-33-17-30-15-20(33)16-36-22-10-18(29)11-23(12-22)37-21-6-4-19(5-7-21)32-25-8-9-31-26-14-28(35-3)27(34-2)13-24(25)26/h4-15,17H,16H2,1-3H3,(H,31,32). The lowest BCUT2D eigenvalue weighted by Crippen LogP contribution is -2.01. The number of imidazole rings is 1. The van der Waals surface area contributed by atoms with Gasteiger partial charge in [-0.05, 0) is 36.4 Å². The van der Waals surface area contributed by atoms with Crippen LogP contribution in [0.25, 0.3) is 10.9 Å². The van der Waals surface area contributed by atoms with Gasteiger partial charge in [0.15, 0.2) is 11.5 Å². The van der Waals surface area contributed by atoms with E-state index in [2.05, 4.69) is 15.3 Å². The molecule has 1 N–H and O–H groups in total. The van der Waals surface area contributed by atoms with Crippen LogP contribution in [0.2, 0.25) is 0 Å². The van der Waals surface area contributed by atoms with Gasteiger partial charge in [-0.1, -0.05) is 0 Å². The highest BCUT2D eigenvalue weighted by molar-refractivity contribution is 5.95. The van der Waals surface area contributed by atoms with Crippen molar-refractivity contribution >= 4 is 22.3 Å². The van der Waals surface area contributed by atoms with E-state index in [9.17, 15) is 4.39 Å². The zero-order chi connectivity index (χ0) is 25.8. The number of anilines is 2. The summed E-state index contributed by atoms with van der Waals surface area (Å²) in [5.41, 5.74) is 3.35. The Balaban J connectivity index is 1.30. The monoisotopic (exact) mass is 500 g/mol. The first-order valence-corrected chi connectivity index (χ1v) is 11.5. The van der Waals surface area contributed by atoms with Crippen LogP contribution >= 0.6 is 0 Å². The van der Waals surface area contributed by atoms with Gasteiger partial charge in [-0.3, -0.25) is 4.98 Å². The molecule has 2 heterocycles. The van der Waals surface area contributed by atoms with Gasteiger partial charge in [0.1, 0.15) is 29.7 Å². The topological polar surface area (TPSA) is 79.7 Å². The molecule has 0 amide bonds. The fraction of sp³-hybridized carbons (Fsp3) is 0.143. The van der Waals surface area contributed by atoms with Gasteiger partial charge >= 0.3 is 0 Å². The number of fused-ring (bicyclic) bond motifs is 1. The molecule has 0 atom stereocenters. The maximum absolute atomic E-state index is 14.2. The number of hydrogen-bond acceptors (Lipinski definition) is 7. The summed E-state index contributed by atoms with van der Waals surface area (Å²) in [5.74, 6) is 2.04. The number of halogens is 1. The first-order valence-electron chi connectivity index (χ1n) is 11.5. The Bertz CT molecular complexity index is 1540. The van der Waals surface area contributed by atoms with E-state index in [0.717, 1.165) is 28.0 Å². The quantitative estimate of drug-likeness (QED) is 0.257. The molecule has 37 heavy (non-hydrogen) atoms. The zero-order valence-corrected chi connectivity index (χ0v) is 20.6. The first-order chi connectivity index (χ1) is 18.0. The number of rotatable bonds is 9. The molecule has 0 aliphatic rings. The van der Waals surface area contributed by atoms with E-state index in [1.54, 1.807) is 51.1 Å². The Morgan fingerprint density at radius 3 is 2.38 bits per heavy atom. The smallest absolute Gasteiger partial charge is 0.162 e. The van der Waals surface area contributed by atoms with Crippen molar-refractivity contribution in [2.45, 2.75) is 6.61 Å². The second-order valence-electron chi connectivity index (χ2n) is 8.24. The van der Waals surface area contributed by atoms with Gasteiger partial charge in [0.25, 0.3) is 0 Å². The molecule has 188 valence electrons. The van der Waals surface area contributed by atoms with Crippen molar-refractivity contribution in [1.82, 2.24) is 14.5 Å². The predicted molar refractivity (Wildman–Crippen MR) is 139 cm³/mol. The van der Waals surface area contributed by atoms with Gasteiger partial charge in [-0.2, -0.15) is 0 Å². The summed E-state index contributed by atoms with van der Waals surface area (Å²) in [6, 6.07) is 17.3. The van der Waals surface area contributed by atoms with Gasteiger partial charge in [0, 0.05) is 54.3 Å². The second kappa shape index (κ2) is 10.4. The van der Waals surface area contributed by atoms with Crippen LogP contribution in [0, 0.1) is 5.82 Å². The molecule has 0 spiro atoms.